The number of aromatic nitrogens is 3. The summed E-state index contributed by atoms with van der Waals surface area (Å²) in [4.78, 5) is 16.1. The second-order valence-corrected chi connectivity index (χ2v) is 4.55. The van der Waals surface area contributed by atoms with Gasteiger partial charge in [-0.25, -0.2) is 9.50 Å². The lowest BCUT2D eigenvalue weighted by atomic mass is 10.2. The van der Waals surface area contributed by atoms with Gasteiger partial charge in [0.05, 0.1) is 12.7 Å². The first-order valence-electron chi connectivity index (χ1n) is 6.66. The van der Waals surface area contributed by atoms with Gasteiger partial charge >= 0.3 is 0 Å². The van der Waals surface area contributed by atoms with Crippen LogP contribution in [-0.4, -0.2) is 27.0 Å². The van der Waals surface area contributed by atoms with Gasteiger partial charge in [0.15, 0.2) is 5.82 Å². The Hall–Kier alpha value is -2.89. The Morgan fingerprint density at radius 3 is 2.86 bits per heavy atom. The topological polar surface area (TPSA) is 71.3 Å². The fourth-order valence-electron chi connectivity index (χ4n) is 2.02. The van der Waals surface area contributed by atoms with E-state index in [0.717, 1.165) is 11.1 Å². The summed E-state index contributed by atoms with van der Waals surface area (Å²) >= 11 is 0. The van der Waals surface area contributed by atoms with Crippen LogP contribution in [0.25, 0.3) is 5.52 Å². The molecule has 0 radical (unpaired) electrons. The van der Waals surface area contributed by atoms with Crippen molar-refractivity contribution in [2.24, 2.45) is 0 Å². The predicted octanol–water partition coefficient (Wildman–Crippen LogP) is 1.46. The summed E-state index contributed by atoms with van der Waals surface area (Å²) in [5, 5.41) is 10.0. The molecule has 0 bridgehead atoms. The summed E-state index contributed by atoms with van der Waals surface area (Å²) in [6.07, 6.45) is 5.10. The molecule has 2 aromatic heterocycles. The van der Waals surface area contributed by atoms with Crippen molar-refractivity contribution >= 4 is 17.2 Å². The van der Waals surface area contributed by atoms with E-state index in [-0.39, 0.29) is 12.5 Å². The Labute approximate surface area is 121 Å². The maximum absolute atomic E-state index is 11.8. The molecule has 1 aromatic carbocycles. The number of hydrogen-bond donors (Lipinski definition) is 2. The molecule has 2 N–H and O–H groups in total. The van der Waals surface area contributed by atoms with Crippen LogP contribution in [0.1, 0.15) is 5.56 Å². The second kappa shape index (κ2) is 6.04. The SMILES string of the molecule is O=C(CNc1nccn2nccc12)NCc1ccccc1. The Kier molecular flexibility index (Phi) is 3.77. The Morgan fingerprint density at radius 1 is 1.14 bits per heavy atom. The maximum atomic E-state index is 11.8. The highest BCUT2D eigenvalue weighted by Gasteiger charge is 2.05. The number of fused-ring (bicyclic) bond motifs is 1. The van der Waals surface area contributed by atoms with E-state index in [0.29, 0.717) is 12.4 Å². The molecule has 0 aliphatic heterocycles. The lowest BCUT2D eigenvalue weighted by molar-refractivity contribution is -0.119. The lowest BCUT2D eigenvalue weighted by Gasteiger charge is -2.08. The molecule has 3 rings (SSSR count). The van der Waals surface area contributed by atoms with Gasteiger partial charge in [0.25, 0.3) is 0 Å². The van der Waals surface area contributed by atoms with Gasteiger partial charge in [0, 0.05) is 18.9 Å². The third-order valence-corrected chi connectivity index (χ3v) is 3.07. The van der Waals surface area contributed by atoms with Crippen LogP contribution in [0.4, 0.5) is 5.82 Å². The molecular weight excluding hydrogens is 266 g/mol. The number of nitrogens with zero attached hydrogens (tertiary/aromatic N) is 3. The fourth-order valence-corrected chi connectivity index (χ4v) is 2.02. The van der Waals surface area contributed by atoms with Gasteiger partial charge in [-0.1, -0.05) is 30.3 Å². The predicted molar refractivity (Wildman–Crippen MR) is 79.8 cm³/mol. The van der Waals surface area contributed by atoms with Crippen LogP contribution in [0.5, 0.6) is 0 Å². The van der Waals surface area contributed by atoms with Crippen LogP contribution in [0, 0.1) is 0 Å². The minimum absolute atomic E-state index is 0.0813. The Morgan fingerprint density at radius 2 is 2.00 bits per heavy atom. The van der Waals surface area contributed by atoms with Gasteiger partial charge in [-0.15, -0.1) is 0 Å². The standard InChI is InChI=1S/C15H15N5O/c21-14(17-10-12-4-2-1-3-5-12)11-18-15-13-6-7-19-20(13)9-8-16-15/h1-9H,10-11H2,(H,16,18)(H,17,21). The molecule has 21 heavy (non-hydrogen) atoms. The van der Waals surface area contributed by atoms with E-state index in [9.17, 15) is 4.79 Å². The average Bonchev–Trinajstić information content (AvgIpc) is 3.01. The van der Waals surface area contributed by atoms with Crippen molar-refractivity contribution in [1.29, 1.82) is 0 Å². The largest absolute Gasteiger partial charge is 0.359 e. The molecular formula is C15H15N5O. The van der Waals surface area contributed by atoms with Gasteiger partial charge in [0.1, 0.15) is 5.52 Å². The smallest absolute Gasteiger partial charge is 0.239 e. The van der Waals surface area contributed by atoms with E-state index in [1.54, 1.807) is 23.1 Å². The molecule has 106 valence electrons. The summed E-state index contributed by atoms with van der Waals surface area (Å²) in [5.74, 6) is 0.562. The minimum atomic E-state index is -0.0813. The first kappa shape index (κ1) is 13.1. The molecule has 1 amide bonds. The number of anilines is 1. The zero-order chi connectivity index (χ0) is 14.5. The highest BCUT2D eigenvalue weighted by Crippen LogP contribution is 2.11. The molecule has 0 saturated carbocycles. The van der Waals surface area contributed by atoms with E-state index >= 15 is 0 Å². The molecule has 0 aliphatic rings. The van der Waals surface area contributed by atoms with Crippen LogP contribution in [0.2, 0.25) is 0 Å². The van der Waals surface area contributed by atoms with Crippen molar-refractivity contribution in [2.45, 2.75) is 6.54 Å². The molecule has 0 unspecified atom stereocenters. The molecule has 0 atom stereocenters. The Bertz CT molecular complexity index is 738. The normalized spacial score (nSPS) is 10.5. The average molecular weight is 281 g/mol. The zero-order valence-corrected chi connectivity index (χ0v) is 11.4. The number of carbonyl (C=O) groups excluding carboxylic acids is 1. The van der Waals surface area contributed by atoms with Gasteiger partial charge in [-0.2, -0.15) is 5.10 Å². The van der Waals surface area contributed by atoms with E-state index in [2.05, 4.69) is 20.7 Å². The van der Waals surface area contributed by atoms with Crippen molar-refractivity contribution in [1.82, 2.24) is 19.9 Å². The summed E-state index contributed by atoms with van der Waals surface area (Å²) in [5.41, 5.74) is 1.91. The van der Waals surface area contributed by atoms with Crippen molar-refractivity contribution in [2.75, 3.05) is 11.9 Å². The molecule has 0 aliphatic carbocycles. The molecule has 2 heterocycles. The molecule has 3 aromatic rings. The fraction of sp³-hybridized carbons (Fsp3) is 0.133. The molecule has 0 spiro atoms. The summed E-state index contributed by atoms with van der Waals surface area (Å²) in [7, 11) is 0. The van der Waals surface area contributed by atoms with Crippen LogP contribution in [0.3, 0.4) is 0 Å². The number of nitrogens with one attached hydrogen (secondary N) is 2. The highest BCUT2D eigenvalue weighted by atomic mass is 16.1. The monoisotopic (exact) mass is 281 g/mol. The van der Waals surface area contributed by atoms with Gasteiger partial charge in [0.2, 0.25) is 5.91 Å². The highest BCUT2D eigenvalue weighted by molar-refractivity contribution is 5.82. The maximum Gasteiger partial charge on any atom is 0.239 e. The quantitative estimate of drug-likeness (QED) is 0.742. The Balaban J connectivity index is 1.55. The molecule has 0 saturated heterocycles. The van der Waals surface area contributed by atoms with Crippen molar-refractivity contribution < 1.29 is 4.79 Å². The third kappa shape index (κ3) is 3.17. The number of benzene rings is 1. The van der Waals surface area contributed by atoms with Gasteiger partial charge < -0.3 is 10.6 Å². The number of amides is 1. The van der Waals surface area contributed by atoms with Gasteiger partial charge in [-0.05, 0) is 11.6 Å². The second-order valence-electron chi connectivity index (χ2n) is 4.55. The van der Waals surface area contributed by atoms with Gasteiger partial charge in [-0.3, -0.25) is 4.79 Å². The van der Waals surface area contributed by atoms with Crippen LogP contribution < -0.4 is 10.6 Å². The van der Waals surface area contributed by atoms with E-state index < -0.39 is 0 Å². The van der Waals surface area contributed by atoms with E-state index in [1.165, 1.54) is 0 Å². The zero-order valence-electron chi connectivity index (χ0n) is 11.4. The van der Waals surface area contributed by atoms with Crippen LogP contribution in [0.15, 0.2) is 55.0 Å². The van der Waals surface area contributed by atoms with Crippen LogP contribution in [-0.2, 0) is 11.3 Å². The van der Waals surface area contributed by atoms with Crippen molar-refractivity contribution in [3.05, 3.63) is 60.6 Å². The van der Waals surface area contributed by atoms with Crippen molar-refractivity contribution in [3.63, 3.8) is 0 Å². The van der Waals surface area contributed by atoms with Crippen LogP contribution >= 0.6 is 0 Å². The molecule has 6 nitrogen and oxygen atoms in total. The third-order valence-electron chi connectivity index (χ3n) is 3.07. The summed E-state index contributed by atoms with van der Waals surface area (Å²) < 4.78 is 1.71. The molecule has 6 heteroatoms. The number of hydrogen-bond acceptors (Lipinski definition) is 4. The first-order chi connectivity index (χ1) is 10.3. The van der Waals surface area contributed by atoms with E-state index in [4.69, 9.17) is 0 Å². The number of rotatable bonds is 5. The van der Waals surface area contributed by atoms with E-state index in [1.807, 2.05) is 36.4 Å². The first-order valence-corrected chi connectivity index (χ1v) is 6.66. The minimum Gasteiger partial charge on any atom is -0.359 e. The van der Waals surface area contributed by atoms with Crippen molar-refractivity contribution in [3.8, 4) is 0 Å². The molecule has 0 fully saturated rings. The summed E-state index contributed by atoms with van der Waals surface area (Å²) in [6, 6.07) is 11.6. The number of carbonyl (C=O) groups is 1. The lowest BCUT2D eigenvalue weighted by Crippen LogP contribution is -2.29. The summed E-state index contributed by atoms with van der Waals surface area (Å²) in [6.45, 7) is 0.691.